The van der Waals surface area contributed by atoms with Gasteiger partial charge in [-0.1, -0.05) is 60.3 Å². The maximum Gasteiger partial charge on any atom is 0.226 e. The number of benzene rings is 3. The number of nitrogens with zero attached hydrogens (tertiary/aromatic N) is 2. The van der Waals surface area contributed by atoms with Crippen molar-refractivity contribution in [1.29, 1.82) is 0 Å². The highest BCUT2D eigenvalue weighted by Gasteiger charge is 2.28. The van der Waals surface area contributed by atoms with Crippen molar-refractivity contribution in [2.45, 2.75) is 18.9 Å². The van der Waals surface area contributed by atoms with Crippen molar-refractivity contribution < 1.29 is 9.53 Å². The maximum atomic E-state index is 12.6. The Balaban J connectivity index is 0.00000306. The molecule has 1 atom stereocenters. The highest BCUT2D eigenvalue weighted by molar-refractivity contribution is 8.14. The Morgan fingerprint density at radius 1 is 1.00 bits per heavy atom. The van der Waals surface area contributed by atoms with Gasteiger partial charge in [-0.15, -0.1) is 12.4 Å². The average molecular weight is 482 g/mol. The quantitative estimate of drug-likeness (QED) is 0.436. The summed E-state index contributed by atoms with van der Waals surface area (Å²) >= 11 is 1.72. The Bertz CT molecular complexity index is 1050. The van der Waals surface area contributed by atoms with E-state index in [1.807, 2.05) is 67.7 Å². The lowest BCUT2D eigenvalue weighted by molar-refractivity contribution is -0.116. The first-order valence-electron chi connectivity index (χ1n) is 10.7. The van der Waals surface area contributed by atoms with Crippen molar-refractivity contribution in [3.05, 3.63) is 90.5 Å². The summed E-state index contributed by atoms with van der Waals surface area (Å²) in [7, 11) is 2.02. The van der Waals surface area contributed by atoms with Crippen LogP contribution in [0, 0.1) is 0 Å². The minimum absolute atomic E-state index is 0. The Kier molecular flexibility index (Phi) is 9.22. The Morgan fingerprint density at radius 3 is 2.33 bits per heavy atom. The molecule has 1 unspecified atom stereocenters. The van der Waals surface area contributed by atoms with Gasteiger partial charge in [-0.25, -0.2) is 0 Å². The topological polar surface area (TPSA) is 53.9 Å². The summed E-state index contributed by atoms with van der Waals surface area (Å²) in [6.45, 7) is 0.757. The zero-order chi connectivity index (χ0) is 22.2. The number of carbonyl (C=O) groups excluding carboxylic acids is 1. The Morgan fingerprint density at radius 2 is 1.64 bits per heavy atom. The summed E-state index contributed by atoms with van der Waals surface area (Å²) in [5.74, 6) is 2.40. The van der Waals surface area contributed by atoms with Crippen LogP contribution in [0.15, 0.2) is 89.9 Å². The van der Waals surface area contributed by atoms with Gasteiger partial charge in [0.05, 0.1) is 0 Å². The number of rotatable bonds is 8. The number of amidine groups is 1. The summed E-state index contributed by atoms with van der Waals surface area (Å²) in [4.78, 5) is 19.5. The molecule has 0 aromatic heterocycles. The predicted octanol–water partition coefficient (Wildman–Crippen LogP) is 5.88. The molecule has 1 heterocycles. The highest BCUT2D eigenvalue weighted by Crippen LogP contribution is 2.26. The predicted molar refractivity (Wildman–Crippen MR) is 140 cm³/mol. The van der Waals surface area contributed by atoms with E-state index >= 15 is 0 Å². The fourth-order valence-corrected chi connectivity index (χ4v) is 4.69. The van der Waals surface area contributed by atoms with Crippen LogP contribution in [0.4, 0.5) is 5.69 Å². The van der Waals surface area contributed by atoms with E-state index in [1.165, 1.54) is 5.56 Å². The number of amides is 1. The molecule has 1 fully saturated rings. The minimum atomic E-state index is 0. The van der Waals surface area contributed by atoms with Gasteiger partial charge in [-0.05, 0) is 48.4 Å². The molecular weight excluding hydrogens is 454 g/mol. The van der Waals surface area contributed by atoms with Gasteiger partial charge < -0.3 is 15.0 Å². The van der Waals surface area contributed by atoms with E-state index in [9.17, 15) is 4.79 Å². The molecule has 0 radical (unpaired) electrons. The third-order valence-electron chi connectivity index (χ3n) is 5.28. The van der Waals surface area contributed by atoms with Crippen molar-refractivity contribution in [2.75, 3.05) is 24.7 Å². The summed E-state index contributed by atoms with van der Waals surface area (Å²) in [5, 5.41) is 4.00. The number of para-hydroxylation sites is 1. The van der Waals surface area contributed by atoms with Gasteiger partial charge in [0.25, 0.3) is 0 Å². The Labute approximate surface area is 205 Å². The number of hydrogen-bond acceptors (Lipinski definition) is 4. The van der Waals surface area contributed by atoms with Crippen molar-refractivity contribution >= 4 is 40.9 Å². The summed E-state index contributed by atoms with van der Waals surface area (Å²) in [5.41, 5.74) is 2.05. The SMILES string of the molecule is CN1C(=NCCc2ccccc2)SCC1CC(=O)Nc1ccc(Oc2ccccc2)cc1.Cl. The molecule has 7 heteroatoms. The smallest absolute Gasteiger partial charge is 0.226 e. The van der Waals surface area contributed by atoms with Crippen LogP contribution in [0.3, 0.4) is 0 Å². The van der Waals surface area contributed by atoms with Crippen molar-refractivity contribution in [1.82, 2.24) is 4.90 Å². The molecule has 1 saturated heterocycles. The molecule has 0 bridgehead atoms. The molecule has 1 aliphatic heterocycles. The van der Waals surface area contributed by atoms with E-state index in [-0.39, 0.29) is 24.4 Å². The van der Waals surface area contributed by atoms with Gasteiger partial charge in [-0.3, -0.25) is 9.79 Å². The number of halogens is 1. The normalized spacial score (nSPS) is 16.3. The third-order valence-corrected chi connectivity index (χ3v) is 6.51. The molecule has 0 spiro atoms. The van der Waals surface area contributed by atoms with Crippen LogP contribution in [-0.4, -0.2) is 41.4 Å². The molecule has 4 rings (SSSR count). The number of carbonyl (C=O) groups is 1. The van der Waals surface area contributed by atoms with Crippen molar-refractivity contribution in [2.24, 2.45) is 4.99 Å². The standard InChI is InChI=1S/C26H27N3O2S.ClH/c1-29-22(19-32-26(29)27-17-16-20-8-4-2-5-9-20)18-25(30)28-21-12-14-24(15-13-21)31-23-10-6-3-7-11-23;/h2-15,22H,16-19H2,1H3,(H,28,30);1H. The second-order valence-electron chi connectivity index (χ2n) is 7.67. The monoisotopic (exact) mass is 481 g/mol. The first-order chi connectivity index (χ1) is 15.7. The Hall–Kier alpha value is -2.96. The molecular formula is C26H28ClN3O2S. The van der Waals surface area contributed by atoms with Gasteiger partial charge in [-0.2, -0.15) is 0 Å². The van der Waals surface area contributed by atoms with Crippen LogP contribution in [0.25, 0.3) is 0 Å². The van der Waals surface area contributed by atoms with E-state index in [4.69, 9.17) is 9.73 Å². The number of aliphatic imine (C=N–C) groups is 1. The van der Waals surface area contributed by atoms with Crippen LogP contribution in [0.5, 0.6) is 11.5 Å². The molecule has 3 aromatic rings. The van der Waals surface area contributed by atoms with Crippen molar-refractivity contribution in [3.8, 4) is 11.5 Å². The summed E-state index contributed by atoms with van der Waals surface area (Å²) in [6.07, 6.45) is 1.36. The molecule has 172 valence electrons. The van der Waals surface area contributed by atoms with Crippen LogP contribution >= 0.6 is 24.2 Å². The largest absolute Gasteiger partial charge is 0.457 e. The molecule has 5 nitrogen and oxygen atoms in total. The molecule has 0 saturated carbocycles. The van der Waals surface area contributed by atoms with Crippen LogP contribution in [-0.2, 0) is 11.2 Å². The first-order valence-corrected chi connectivity index (χ1v) is 11.7. The molecule has 1 aliphatic rings. The highest BCUT2D eigenvalue weighted by atomic mass is 35.5. The van der Waals surface area contributed by atoms with Gasteiger partial charge in [0.2, 0.25) is 5.91 Å². The lowest BCUT2D eigenvalue weighted by Gasteiger charge is -2.20. The van der Waals surface area contributed by atoms with E-state index in [2.05, 4.69) is 34.5 Å². The summed E-state index contributed by atoms with van der Waals surface area (Å²) in [6, 6.07) is 27.6. The van der Waals surface area contributed by atoms with E-state index in [0.29, 0.717) is 6.42 Å². The molecule has 3 aromatic carbocycles. The first kappa shape index (κ1) is 24.7. The number of ether oxygens (including phenoxy) is 1. The third kappa shape index (κ3) is 7.27. The second kappa shape index (κ2) is 12.3. The van der Waals surface area contributed by atoms with E-state index in [1.54, 1.807) is 11.8 Å². The zero-order valence-corrected chi connectivity index (χ0v) is 20.1. The maximum absolute atomic E-state index is 12.6. The number of nitrogens with one attached hydrogen (secondary N) is 1. The van der Waals surface area contributed by atoms with Crippen LogP contribution in [0.1, 0.15) is 12.0 Å². The van der Waals surface area contributed by atoms with E-state index in [0.717, 1.165) is 41.1 Å². The summed E-state index contributed by atoms with van der Waals surface area (Å²) < 4.78 is 5.80. The number of hydrogen-bond donors (Lipinski definition) is 1. The van der Waals surface area contributed by atoms with Gasteiger partial charge >= 0.3 is 0 Å². The fraction of sp³-hybridized carbons (Fsp3) is 0.231. The average Bonchev–Trinajstić information content (AvgIpc) is 3.15. The second-order valence-corrected chi connectivity index (χ2v) is 8.65. The lowest BCUT2D eigenvalue weighted by atomic mass is 10.2. The fourth-order valence-electron chi connectivity index (χ4n) is 3.48. The van der Waals surface area contributed by atoms with Crippen LogP contribution in [0.2, 0.25) is 0 Å². The minimum Gasteiger partial charge on any atom is -0.457 e. The van der Waals surface area contributed by atoms with Gasteiger partial charge in [0.1, 0.15) is 11.5 Å². The zero-order valence-electron chi connectivity index (χ0n) is 18.5. The molecule has 1 N–H and O–H groups in total. The number of anilines is 1. The number of thioether (sulfide) groups is 1. The lowest BCUT2D eigenvalue weighted by Crippen LogP contribution is -2.33. The molecule has 0 aliphatic carbocycles. The van der Waals surface area contributed by atoms with Gasteiger partial charge in [0, 0.05) is 37.5 Å². The molecule has 33 heavy (non-hydrogen) atoms. The molecule has 1 amide bonds. The van der Waals surface area contributed by atoms with E-state index < -0.39 is 0 Å². The van der Waals surface area contributed by atoms with Crippen LogP contribution < -0.4 is 10.1 Å². The van der Waals surface area contributed by atoms with Crippen molar-refractivity contribution in [3.63, 3.8) is 0 Å². The van der Waals surface area contributed by atoms with Gasteiger partial charge in [0.15, 0.2) is 5.17 Å².